The number of para-hydroxylation sites is 1. The molecule has 32 heavy (non-hydrogen) atoms. The van der Waals surface area contributed by atoms with E-state index in [1.807, 2.05) is 0 Å². The van der Waals surface area contributed by atoms with Gasteiger partial charge < -0.3 is 48.9 Å². The Morgan fingerprint density at radius 3 is 2.41 bits per heavy atom. The number of rotatable bonds is 5. The van der Waals surface area contributed by atoms with Crippen molar-refractivity contribution in [3.8, 4) is 23.0 Å². The average molecular weight is 450 g/mol. The van der Waals surface area contributed by atoms with Crippen LogP contribution in [0.3, 0.4) is 0 Å². The van der Waals surface area contributed by atoms with E-state index >= 15 is 0 Å². The molecular formula is C21H22O11. The van der Waals surface area contributed by atoms with Crippen molar-refractivity contribution in [1.29, 1.82) is 0 Å². The lowest BCUT2D eigenvalue weighted by Gasteiger charge is -2.39. The number of fused-ring (bicyclic) bond motifs is 2. The first-order valence-corrected chi connectivity index (χ1v) is 9.63. The Kier molecular flexibility index (Phi) is 5.84. The molecule has 1 aliphatic heterocycles. The molecule has 172 valence electrons. The monoisotopic (exact) mass is 450 g/mol. The lowest BCUT2D eigenvalue weighted by Crippen LogP contribution is -2.60. The lowest BCUT2D eigenvalue weighted by molar-refractivity contribution is -0.277. The van der Waals surface area contributed by atoms with E-state index in [4.69, 9.17) is 23.4 Å². The first-order valence-electron chi connectivity index (χ1n) is 9.63. The highest BCUT2D eigenvalue weighted by molar-refractivity contribution is 5.98. The largest absolute Gasteiger partial charge is 0.504 e. The van der Waals surface area contributed by atoms with Crippen LogP contribution in [-0.2, 0) is 4.74 Å². The summed E-state index contributed by atoms with van der Waals surface area (Å²) < 4.78 is 27.3. The molecule has 1 aliphatic rings. The van der Waals surface area contributed by atoms with Gasteiger partial charge in [0.25, 0.3) is 0 Å². The third-order valence-corrected chi connectivity index (χ3v) is 5.35. The molecule has 0 saturated carbocycles. The second-order valence-corrected chi connectivity index (χ2v) is 7.21. The van der Waals surface area contributed by atoms with E-state index in [1.54, 1.807) is 12.1 Å². The van der Waals surface area contributed by atoms with Crippen LogP contribution >= 0.6 is 0 Å². The van der Waals surface area contributed by atoms with Crippen molar-refractivity contribution in [2.45, 2.75) is 30.7 Å². The van der Waals surface area contributed by atoms with E-state index in [9.17, 15) is 30.3 Å². The van der Waals surface area contributed by atoms with Crippen LogP contribution in [0.2, 0.25) is 0 Å². The van der Waals surface area contributed by atoms with Crippen molar-refractivity contribution in [3.63, 3.8) is 0 Å². The maximum atomic E-state index is 13.4. The molecule has 1 saturated heterocycles. The molecule has 5 N–H and O–H groups in total. The average Bonchev–Trinajstić information content (AvgIpc) is 2.79. The molecule has 1 fully saturated rings. The number of methoxy groups -OCH3 is 2. The highest BCUT2D eigenvalue weighted by atomic mass is 16.7. The highest BCUT2D eigenvalue weighted by Gasteiger charge is 2.45. The molecule has 0 radical (unpaired) electrons. The lowest BCUT2D eigenvalue weighted by atomic mass is 9.99. The normalized spacial score (nSPS) is 25.8. The fourth-order valence-electron chi connectivity index (χ4n) is 3.69. The van der Waals surface area contributed by atoms with Gasteiger partial charge in [-0.3, -0.25) is 4.79 Å². The first kappa shape index (κ1) is 22.1. The second-order valence-electron chi connectivity index (χ2n) is 7.21. The van der Waals surface area contributed by atoms with E-state index in [0.717, 1.165) is 6.07 Å². The van der Waals surface area contributed by atoms with E-state index in [1.165, 1.54) is 20.3 Å². The molecule has 3 aromatic rings. The quantitative estimate of drug-likeness (QED) is 0.328. The number of benzene rings is 2. The number of hydrogen-bond donors (Lipinski definition) is 5. The maximum absolute atomic E-state index is 13.4. The molecule has 5 atom stereocenters. The van der Waals surface area contributed by atoms with Gasteiger partial charge in [-0.1, -0.05) is 6.07 Å². The maximum Gasteiger partial charge on any atom is 0.229 e. The Balaban J connectivity index is 1.92. The van der Waals surface area contributed by atoms with Gasteiger partial charge in [-0.15, -0.1) is 0 Å². The van der Waals surface area contributed by atoms with Crippen LogP contribution in [0.4, 0.5) is 0 Å². The number of aliphatic hydroxyl groups is 4. The molecule has 1 aromatic heterocycles. The van der Waals surface area contributed by atoms with Crippen molar-refractivity contribution in [3.05, 3.63) is 34.5 Å². The van der Waals surface area contributed by atoms with Crippen LogP contribution in [0.1, 0.15) is 0 Å². The van der Waals surface area contributed by atoms with Gasteiger partial charge in [-0.2, -0.15) is 0 Å². The predicted molar refractivity (Wildman–Crippen MR) is 109 cm³/mol. The molecular weight excluding hydrogens is 428 g/mol. The SMILES string of the molecule is COc1cccc2c(=O)c3c(O[C@H]4O[C@@H](CO)[C@H](O)[C@@H](O)[C@H]4O)cc(O)c(OC)c3oc12. The van der Waals surface area contributed by atoms with Gasteiger partial charge >= 0.3 is 0 Å². The summed E-state index contributed by atoms with van der Waals surface area (Å²) in [4.78, 5) is 13.4. The van der Waals surface area contributed by atoms with Crippen LogP contribution in [-0.4, -0.2) is 77.1 Å². The smallest absolute Gasteiger partial charge is 0.229 e. The minimum absolute atomic E-state index is 0.121. The van der Waals surface area contributed by atoms with Gasteiger partial charge in [0.1, 0.15) is 35.6 Å². The van der Waals surface area contributed by atoms with Crippen molar-refractivity contribution in [2.24, 2.45) is 0 Å². The Labute approximate surface area is 180 Å². The summed E-state index contributed by atoms with van der Waals surface area (Å²) in [6, 6.07) is 5.78. The third-order valence-electron chi connectivity index (χ3n) is 5.35. The molecule has 11 nitrogen and oxygen atoms in total. The molecule has 0 amide bonds. The first-order chi connectivity index (χ1) is 15.3. The van der Waals surface area contributed by atoms with Gasteiger partial charge in [0.2, 0.25) is 17.5 Å². The number of aliphatic hydroxyl groups excluding tert-OH is 4. The molecule has 11 heteroatoms. The minimum atomic E-state index is -1.72. The number of phenols is 1. The zero-order chi connectivity index (χ0) is 23.2. The van der Waals surface area contributed by atoms with Crippen LogP contribution < -0.4 is 19.6 Å². The Morgan fingerprint density at radius 2 is 1.75 bits per heavy atom. The molecule has 0 unspecified atom stereocenters. The molecule has 4 rings (SSSR count). The summed E-state index contributed by atoms with van der Waals surface area (Å²) in [7, 11) is 2.69. The van der Waals surface area contributed by atoms with Crippen molar-refractivity contribution in [2.75, 3.05) is 20.8 Å². The Morgan fingerprint density at radius 1 is 1.00 bits per heavy atom. The van der Waals surface area contributed by atoms with Gasteiger partial charge in [0.05, 0.1) is 26.2 Å². The van der Waals surface area contributed by atoms with Crippen LogP contribution in [0.25, 0.3) is 21.9 Å². The van der Waals surface area contributed by atoms with E-state index in [0.29, 0.717) is 0 Å². The van der Waals surface area contributed by atoms with Gasteiger partial charge in [0, 0.05) is 6.07 Å². The van der Waals surface area contributed by atoms with Crippen molar-refractivity contribution >= 4 is 21.9 Å². The summed E-state index contributed by atoms with van der Waals surface area (Å²) >= 11 is 0. The molecule has 0 aliphatic carbocycles. The van der Waals surface area contributed by atoms with Gasteiger partial charge in [-0.05, 0) is 12.1 Å². The predicted octanol–water partition coefficient (Wildman–Crippen LogP) is -0.152. The number of phenolic OH excluding ortho intramolecular Hbond substituents is 1. The zero-order valence-electron chi connectivity index (χ0n) is 17.1. The van der Waals surface area contributed by atoms with E-state index in [-0.39, 0.29) is 39.2 Å². The summed E-state index contributed by atoms with van der Waals surface area (Å²) in [5.74, 6) is -0.521. The second kappa shape index (κ2) is 8.45. The van der Waals surface area contributed by atoms with E-state index < -0.39 is 48.5 Å². The zero-order valence-corrected chi connectivity index (χ0v) is 17.1. The van der Waals surface area contributed by atoms with Gasteiger partial charge in [-0.25, -0.2) is 0 Å². The summed E-state index contributed by atoms with van der Waals surface area (Å²) in [6.07, 6.45) is -7.80. The topological polar surface area (TPSA) is 168 Å². The number of ether oxygens (including phenoxy) is 4. The Bertz CT molecular complexity index is 1200. The van der Waals surface area contributed by atoms with Crippen molar-refractivity contribution < 1.29 is 48.9 Å². The summed E-state index contributed by atoms with van der Waals surface area (Å²) in [6.45, 7) is -0.661. The molecule has 2 aromatic carbocycles. The van der Waals surface area contributed by atoms with Crippen LogP contribution in [0.5, 0.6) is 23.0 Å². The fourth-order valence-corrected chi connectivity index (χ4v) is 3.69. The molecule has 2 heterocycles. The minimum Gasteiger partial charge on any atom is -0.504 e. The summed E-state index contributed by atoms with van der Waals surface area (Å²) in [5.41, 5.74) is -0.567. The fraction of sp³-hybridized carbons (Fsp3) is 0.381. The van der Waals surface area contributed by atoms with E-state index in [2.05, 4.69) is 0 Å². The third kappa shape index (κ3) is 3.40. The van der Waals surface area contributed by atoms with Crippen molar-refractivity contribution in [1.82, 2.24) is 0 Å². The van der Waals surface area contributed by atoms with Crippen LogP contribution in [0.15, 0.2) is 33.5 Å². The molecule has 0 spiro atoms. The molecule has 0 bridgehead atoms. The number of aromatic hydroxyl groups is 1. The standard InChI is InChI=1S/C21H22O11/c1-28-10-5-3-4-8-14(24)13-11(6-9(23)19(29-2)20(13)32-18(8)10)30-21-17(27)16(26)15(25)12(7-22)31-21/h3-6,12,15-17,21-23,25-27H,7H2,1-2H3/t12-,15-,16+,17+,21-/m0/s1. The van der Waals surface area contributed by atoms with Crippen LogP contribution in [0, 0.1) is 0 Å². The highest BCUT2D eigenvalue weighted by Crippen LogP contribution is 2.42. The van der Waals surface area contributed by atoms with Gasteiger partial charge in [0.15, 0.2) is 22.7 Å². The Hall–Kier alpha value is -3.09. The summed E-state index contributed by atoms with van der Waals surface area (Å²) in [5, 5.41) is 50.1. The number of hydrogen-bond acceptors (Lipinski definition) is 11.